The van der Waals surface area contributed by atoms with Crippen molar-refractivity contribution in [3.8, 4) is 16.8 Å². The Kier molecular flexibility index (Phi) is 3.80. The first kappa shape index (κ1) is 13.9. The Balaban J connectivity index is 1.89. The fourth-order valence-corrected chi connectivity index (χ4v) is 2.39. The number of hydrogen-bond acceptors (Lipinski definition) is 1. The van der Waals surface area contributed by atoms with Gasteiger partial charge in [-0.3, -0.25) is 0 Å². The second-order valence-electron chi connectivity index (χ2n) is 5.43. The van der Waals surface area contributed by atoms with Gasteiger partial charge in [-0.1, -0.05) is 49.7 Å². The molecular formula is C18H17ClN2. The highest BCUT2D eigenvalue weighted by Gasteiger charge is 2.04. The molecule has 0 aliphatic heterocycles. The van der Waals surface area contributed by atoms with Crippen molar-refractivity contribution in [2.75, 3.05) is 0 Å². The Morgan fingerprint density at radius 2 is 1.57 bits per heavy atom. The molecule has 0 atom stereocenters. The van der Waals surface area contributed by atoms with Gasteiger partial charge in [0.2, 0.25) is 0 Å². The van der Waals surface area contributed by atoms with E-state index in [-0.39, 0.29) is 0 Å². The highest BCUT2D eigenvalue weighted by Crippen LogP contribution is 2.23. The van der Waals surface area contributed by atoms with Gasteiger partial charge in [-0.05, 0) is 41.3 Å². The first-order valence-electron chi connectivity index (χ1n) is 7.04. The summed E-state index contributed by atoms with van der Waals surface area (Å²) in [6.45, 7) is 4.39. The summed E-state index contributed by atoms with van der Waals surface area (Å²) in [6.07, 6.45) is 3.91. The lowest BCUT2D eigenvalue weighted by Crippen LogP contribution is -1.95. The van der Waals surface area contributed by atoms with Crippen molar-refractivity contribution in [3.05, 3.63) is 71.5 Å². The van der Waals surface area contributed by atoms with E-state index in [4.69, 9.17) is 11.6 Å². The van der Waals surface area contributed by atoms with Gasteiger partial charge in [-0.25, -0.2) is 4.68 Å². The Morgan fingerprint density at radius 3 is 2.19 bits per heavy atom. The Hall–Kier alpha value is -2.06. The molecule has 1 aromatic heterocycles. The molecule has 21 heavy (non-hydrogen) atoms. The van der Waals surface area contributed by atoms with E-state index < -0.39 is 0 Å². The van der Waals surface area contributed by atoms with Gasteiger partial charge < -0.3 is 0 Å². The second kappa shape index (κ2) is 5.74. The van der Waals surface area contributed by atoms with Crippen LogP contribution in [0.4, 0.5) is 0 Å². The summed E-state index contributed by atoms with van der Waals surface area (Å²) in [6, 6.07) is 16.3. The van der Waals surface area contributed by atoms with Crippen LogP contribution < -0.4 is 0 Å². The summed E-state index contributed by atoms with van der Waals surface area (Å²) in [5.41, 5.74) is 4.60. The molecule has 0 aliphatic rings. The number of rotatable bonds is 3. The fourth-order valence-electron chi connectivity index (χ4n) is 2.27. The number of aromatic nitrogens is 2. The molecule has 0 bridgehead atoms. The van der Waals surface area contributed by atoms with Crippen LogP contribution in [-0.2, 0) is 0 Å². The van der Waals surface area contributed by atoms with Crippen molar-refractivity contribution >= 4 is 11.6 Å². The number of halogens is 1. The molecule has 2 nitrogen and oxygen atoms in total. The second-order valence-corrected chi connectivity index (χ2v) is 5.86. The quantitative estimate of drug-likeness (QED) is 0.640. The number of nitrogens with zero attached hydrogens (tertiary/aromatic N) is 2. The average molecular weight is 297 g/mol. The van der Waals surface area contributed by atoms with Crippen LogP contribution >= 0.6 is 11.6 Å². The maximum Gasteiger partial charge on any atom is 0.0646 e. The predicted molar refractivity (Wildman–Crippen MR) is 88.1 cm³/mol. The largest absolute Gasteiger partial charge is 0.240 e. The zero-order valence-electron chi connectivity index (χ0n) is 12.1. The maximum atomic E-state index is 5.92. The van der Waals surface area contributed by atoms with Crippen molar-refractivity contribution in [2.24, 2.45) is 0 Å². The van der Waals surface area contributed by atoms with Crippen LogP contribution in [0.15, 0.2) is 60.9 Å². The minimum absolute atomic E-state index is 0.543. The highest BCUT2D eigenvalue weighted by atomic mass is 35.5. The molecular weight excluding hydrogens is 280 g/mol. The van der Waals surface area contributed by atoms with Crippen LogP contribution in [0.3, 0.4) is 0 Å². The monoisotopic (exact) mass is 296 g/mol. The molecule has 0 N–H and O–H groups in total. The van der Waals surface area contributed by atoms with E-state index in [1.165, 1.54) is 5.56 Å². The van der Waals surface area contributed by atoms with Gasteiger partial charge in [0, 0.05) is 16.8 Å². The lowest BCUT2D eigenvalue weighted by Gasteiger charge is -2.06. The summed E-state index contributed by atoms with van der Waals surface area (Å²) >= 11 is 5.92. The first-order valence-corrected chi connectivity index (χ1v) is 7.42. The summed E-state index contributed by atoms with van der Waals surface area (Å²) in [5, 5.41) is 5.19. The molecule has 0 aliphatic carbocycles. The van der Waals surface area contributed by atoms with Crippen molar-refractivity contribution in [1.29, 1.82) is 0 Å². The van der Waals surface area contributed by atoms with Crippen molar-refractivity contribution in [3.63, 3.8) is 0 Å². The van der Waals surface area contributed by atoms with Gasteiger partial charge in [-0.2, -0.15) is 5.10 Å². The van der Waals surface area contributed by atoms with Gasteiger partial charge >= 0.3 is 0 Å². The summed E-state index contributed by atoms with van der Waals surface area (Å²) in [5.74, 6) is 0.543. The van der Waals surface area contributed by atoms with E-state index in [0.29, 0.717) is 5.92 Å². The van der Waals surface area contributed by atoms with Crippen LogP contribution in [0.1, 0.15) is 25.3 Å². The maximum absolute atomic E-state index is 5.92. The first-order chi connectivity index (χ1) is 10.1. The molecule has 0 fully saturated rings. The van der Waals surface area contributed by atoms with Crippen molar-refractivity contribution in [2.45, 2.75) is 19.8 Å². The average Bonchev–Trinajstić information content (AvgIpc) is 2.98. The molecule has 0 saturated heterocycles. The molecule has 0 amide bonds. The lowest BCUT2D eigenvalue weighted by molar-refractivity contribution is 0.854. The van der Waals surface area contributed by atoms with E-state index in [1.54, 1.807) is 0 Å². The third-order valence-electron chi connectivity index (χ3n) is 3.58. The topological polar surface area (TPSA) is 17.8 Å². The van der Waals surface area contributed by atoms with E-state index in [2.05, 4.69) is 43.2 Å². The van der Waals surface area contributed by atoms with Crippen LogP contribution in [0.5, 0.6) is 0 Å². The molecule has 3 heteroatoms. The zero-order chi connectivity index (χ0) is 14.8. The molecule has 2 aromatic carbocycles. The number of hydrogen-bond donors (Lipinski definition) is 0. The summed E-state index contributed by atoms with van der Waals surface area (Å²) < 4.78 is 1.90. The fraction of sp³-hybridized carbons (Fsp3) is 0.167. The number of benzene rings is 2. The molecule has 1 heterocycles. The standard InChI is InChI=1S/C18H17ClN2/c1-13(2)14-5-9-18(10-6-14)21-12-16(11-20-21)15-3-7-17(19)8-4-15/h3-13H,1-2H3. The third kappa shape index (κ3) is 3.01. The van der Waals surface area contributed by atoms with Gasteiger partial charge in [-0.15, -0.1) is 0 Å². The smallest absolute Gasteiger partial charge is 0.0646 e. The Morgan fingerprint density at radius 1 is 0.905 bits per heavy atom. The SMILES string of the molecule is CC(C)c1ccc(-n2cc(-c3ccc(Cl)cc3)cn2)cc1. The molecule has 0 saturated carbocycles. The zero-order valence-corrected chi connectivity index (χ0v) is 12.9. The summed E-state index contributed by atoms with van der Waals surface area (Å²) in [4.78, 5) is 0. The summed E-state index contributed by atoms with van der Waals surface area (Å²) in [7, 11) is 0. The van der Waals surface area contributed by atoms with Gasteiger partial charge in [0.05, 0.1) is 11.9 Å². The van der Waals surface area contributed by atoms with E-state index in [0.717, 1.165) is 21.8 Å². The van der Waals surface area contributed by atoms with Crippen molar-refractivity contribution in [1.82, 2.24) is 9.78 Å². The van der Waals surface area contributed by atoms with Gasteiger partial charge in [0.25, 0.3) is 0 Å². The van der Waals surface area contributed by atoms with Crippen LogP contribution in [0.2, 0.25) is 5.02 Å². The van der Waals surface area contributed by atoms with E-state index in [9.17, 15) is 0 Å². The van der Waals surface area contributed by atoms with Gasteiger partial charge in [0.15, 0.2) is 0 Å². The highest BCUT2D eigenvalue weighted by molar-refractivity contribution is 6.30. The predicted octanol–water partition coefficient (Wildman–Crippen LogP) is 5.32. The molecule has 106 valence electrons. The third-order valence-corrected chi connectivity index (χ3v) is 3.84. The molecule has 0 spiro atoms. The van der Waals surface area contributed by atoms with Crippen LogP contribution in [-0.4, -0.2) is 9.78 Å². The van der Waals surface area contributed by atoms with Crippen molar-refractivity contribution < 1.29 is 0 Å². The Labute approximate surface area is 130 Å². The normalized spacial score (nSPS) is 11.0. The molecule has 3 rings (SSSR count). The van der Waals surface area contributed by atoms with E-state index in [1.807, 2.05) is 41.3 Å². The van der Waals surface area contributed by atoms with Crippen LogP contribution in [0, 0.1) is 0 Å². The lowest BCUT2D eigenvalue weighted by atomic mass is 10.0. The van der Waals surface area contributed by atoms with Crippen LogP contribution in [0.25, 0.3) is 16.8 Å². The van der Waals surface area contributed by atoms with E-state index >= 15 is 0 Å². The minimum Gasteiger partial charge on any atom is -0.240 e. The minimum atomic E-state index is 0.543. The molecule has 0 radical (unpaired) electrons. The van der Waals surface area contributed by atoms with Gasteiger partial charge in [0.1, 0.15) is 0 Å². The molecule has 3 aromatic rings. The Bertz CT molecular complexity index is 725. The molecule has 0 unspecified atom stereocenters.